The summed E-state index contributed by atoms with van der Waals surface area (Å²) in [6.45, 7) is 6.64. The summed E-state index contributed by atoms with van der Waals surface area (Å²) in [5.74, 6) is 0.966. The van der Waals surface area contributed by atoms with Crippen molar-refractivity contribution < 1.29 is 15.3 Å². The van der Waals surface area contributed by atoms with Gasteiger partial charge in [-0.25, -0.2) is 0 Å². The van der Waals surface area contributed by atoms with E-state index in [1.807, 2.05) is 146 Å². The Kier molecular flexibility index (Phi) is 10.7. The van der Waals surface area contributed by atoms with Crippen LogP contribution in [0.5, 0.6) is 17.2 Å². The normalized spacial score (nSPS) is 14.8. The smallest absolute Gasteiger partial charge is 0.127 e. The summed E-state index contributed by atoms with van der Waals surface area (Å²) in [6.07, 6.45) is 0. The first kappa shape index (κ1) is 34.1. The summed E-state index contributed by atoms with van der Waals surface area (Å²) >= 11 is 0. The van der Waals surface area contributed by atoms with E-state index in [1.165, 1.54) is 0 Å². The Morgan fingerprint density at radius 1 is 0.314 bits per heavy atom. The van der Waals surface area contributed by atoms with Crippen molar-refractivity contribution >= 4 is 0 Å². The standard InChI is InChI=1S/C45H45N3O3/c49-43-37(19-10-22-40(43)34-13-4-1-5-14-34)31-46-25-27-47(32-38-20-11-23-41(44(38)50)35-15-6-2-7-16-35)29-30-48(28-26-46)33-39-21-12-24-42(45(39)51)36-17-8-3-9-18-36/h1-24,49-51H,25-33H2. The number of benzene rings is 6. The molecule has 1 saturated heterocycles. The van der Waals surface area contributed by atoms with Crippen LogP contribution >= 0.6 is 0 Å². The SMILES string of the molecule is Oc1c(CN2CCN(Cc3cccc(-c4ccccc4)c3O)CCN(Cc3cccc(-c4ccccc4)c3O)CC2)cccc1-c1ccccc1. The van der Waals surface area contributed by atoms with Crippen LogP contribution in [0.15, 0.2) is 146 Å². The van der Waals surface area contributed by atoms with Crippen molar-refractivity contribution in [2.45, 2.75) is 19.6 Å². The van der Waals surface area contributed by atoms with Crippen molar-refractivity contribution in [2.24, 2.45) is 0 Å². The van der Waals surface area contributed by atoms with Crippen LogP contribution in [-0.2, 0) is 19.6 Å². The van der Waals surface area contributed by atoms with Gasteiger partial charge in [0, 0.05) is 92.3 Å². The third-order valence-electron chi connectivity index (χ3n) is 9.99. The molecule has 1 aliphatic heterocycles. The maximum absolute atomic E-state index is 11.4. The van der Waals surface area contributed by atoms with Gasteiger partial charge in [0.2, 0.25) is 0 Å². The molecule has 1 aliphatic rings. The van der Waals surface area contributed by atoms with Gasteiger partial charge in [-0.15, -0.1) is 0 Å². The Bertz CT molecular complexity index is 1790. The molecule has 0 unspecified atom stereocenters. The number of hydrogen-bond acceptors (Lipinski definition) is 6. The number of aromatic hydroxyl groups is 3. The molecule has 6 nitrogen and oxygen atoms in total. The first-order valence-corrected chi connectivity index (χ1v) is 17.8. The Hall–Kier alpha value is -5.40. The third-order valence-corrected chi connectivity index (χ3v) is 9.99. The highest BCUT2D eigenvalue weighted by molar-refractivity contribution is 5.73. The van der Waals surface area contributed by atoms with Gasteiger partial charge in [-0.05, 0) is 16.7 Å². The van der Waals surface area contributed by atoms with Crippen molar-refractivity contribution in [3.05, 3.63) is 162 Å². The van der Waals surface area contributed by atoms with E-state index < -0.39 is 0 Å². The molecular formula is C45H45N3O3. The van der Waals surface area contributed by atoms with Crippen molar-refractivity contribution in [2.75, 3.05) is 39.3 Å². The van der Waals surface area contributed by atoms with Gasteiger partial charge in [0.1, 0.15) is 17.2 Å². The highest BCUT2D eigenvalue weighted by Gasteiger charge is 2.21. The minimum absolute atomic E-state index is 0.322. The van der Waals surface area contributed by atoms with Crippen molar-refractivity contribution in [3.8, 4) is 50.6 Å². The lowest BCUT2D eigenvalue weighted by atomic mass is 10.0. The number of para-hydroxylation sites is 3. The summed E-state index contributed by atoms with van der Waals surface area (Å²) in [5.41, 5.74) is 8.19. The van der Waals surface area contributed by atoms with E-state index in [-0.39, 0.29) is 0 Å². The largest absolute Gasteiger partial charge is 0.507 e. The lowest BCUT2D eigenvalue weighted by Crippen LogP contribution is -2.35. The van der Waals surface area contributed by atoms with Crippen LogP contribution in [0.4, 0.5) is 0 Å². The summed E-state index contributed by atoms with van der Waals surface area (Å²) in [6, 6.07) is 48.1. The van der Waals surface area contributed by atoms with Crippen molar-refractivity contribution in [1.82, 2.24) is 14.7 Å². The van der Waals surface area contributed by atoms with Crippen LogP contribution in [0, 0.1) is 0 Å². The van der Waals surface area contributed by atoms with Gasteiger partial charge in [-0.3, -0.25) is 14.7 Å². The van der Waals surface area contributed by atoms with Gasteiger partial charge < -0.3 is 15.3 Å². The molecule has 0 aliphatic carbocycles. The van der Waals surface area contributed by atoms with Crippen molar-refractivity contribution in [1.29, 1.82) is 0 Å². The highest BCUT2D eigenvalue weighted by atomic mass is 16.3. The molecule has 1 heterocycles. The van der Waals surface area contributed by atoms with Crippen molar-refractivity contribution in [3.63, 3.8) is 0 Å². The molecule has 0 saturated carbocycles. The Morgan fingerprint density at radius 3 is 0.824 bits per heavy atom. The van der Waals surface area contributed by atoms with E-state index in [4.69, 9.17) is 0 Å². The number of hydrogen-bond donors (Lipinski definition) is 3. The molecule has 0 spiro atoms. The first-order chi connectivity index (χ1) is 25.0. The molecule has 3 N–H and O–H groups in total. The summed E-state index contributed by atoms with van der Waals surface area (Å²) in [7, 11) is 0. The van der Waals surface area contributed by atoms with E-state index in [9.17, 15) is 15.3 Å². The summed E-state index contributed by atoms with van der Waals surface area (Å²) < 4.78 is 0. The number of rotatable bonds is 9. The molecule has 0 bridgehead atoms. The minimum atomic E-state index is 0.322. The highest BCUT2D eigenvalue weighted by Crippen LogP contribution is 2.35. The molecular weight excluding hydrogens is 631 g/mol. The van der Waals surface area contributed by atoms with Crippen LogP contribution in [0.3, 0.4) is 0 Å². The van der Waals surface area contributed by atoms with Crippen LogP contribution in [-0.4, -0.2) is 69.3 Å². The van der Waals surface area contributed by atoms with Gasteiger partial charge in [0.05, 0.1) is 0 Å². The number of nitrogens with zero attached hydrogens (tertiary/aromatic N) is 3. The molecule has 0 aromatic heterocycles. The fraction of sp³-hybridized carbons (Fsp3) is 0.200. The molecule has 0 radical (unpaired) electrons. The van der Waals surface area contributed by atoms with Gasteiger partial charge in [0.15, 0.2) is 0 Å². The third kappa shape index (κ3) is 8.16. The average molecular weight is 676 g/mol. The molecule has 6 heteroatoms. The first-order valence-electron chi connectivity index (χ1n) is 17.8. The predicted octanol–water partition coefficient (Wildman–Crippen LogP) is 8.62. The van der Waals surface area contributed by atoms with E-state index in [2.05, 4.69) is 14.7 Å². The van der Waals surface area contributed by atoms with Crippen LogP contribution in [0.2, 0.25) is 0 Å². The molecule has 0 amide bonds. The van der Waals surface area contributed by atoms with Crippen LogP contribution < -0.4 is 0 Å². The molecule has 6 aromatic rings. The quantitative estimate of drug-likeness (QED) is 0.143. The predicted molar refractivity (Wildman–Crippen MR) is 206 cm³/mol. The van der Waals surface area contributed by atoms with Crippen LogP contribution in [0.1, 0.15) is 16.7 Å². The molecule has 1 fully saturated rings. The molecule has 6 aromatic carbocycles. The van der Waals surface area contributed by atoms with E-state index in [1.54, 1.807) is 0 Å². The van der Waals surface area contributed by atoms with Gasteiger partial charge in [-0.1, -0.05) is 146 Å². The fourth-order valence-electron chi connectivity index (χ4n) is 7.09. The lowest BCUT2D eigenvalue weighted by molar-refractivity contribution is 0.207. The lowest BCUT2D eigenvalue weighted by Gasteiger charge is -2.26. The zero-order valence-corrected chi connectivity index (χ0v) is 28.9. The van der Waals surface area contributed by atoms with E-state index >= 15 is 0 Å². The van der Waals surface area contributed by atoms with E-state index in [0.717, 1.165) is 89.3 Å². The van der Waals surface area contributed by atoms with Gasteiger partial charge >= 0.3 is 0 Å². The maximum Gasteiger partial charge on any atom is 0.127 e. The fourth-order valence-corrected chi connectivity index (χ4v) is 7.09. The second-order valence-electron chi connectivity index (χ2n) is 13.4. The second kappa shape index (κ2) is 16.1. The average Bonchev–Trinajstić information content (AvgIpc) is 3.26. The number of phenols is 3. The summed E-state index contributed by atoms with van der Waals surface area (Å²) in [4.78, 5) is 7.24. The minimum Gasteiger partial charge on any atom is -0.507 e. The molecule has 7 rings (SSSR count). The zero-order chi connectivity index (χ0) is 35.0. The topological polar surface area (TPSA) is 70.4 Å². The Morgan fingerprint density at radius 2 is 0.569 bits per heavy atom. The van der Waals surface area contributed by atoms with Crippen LogP contribution in [0.25, 0.3) is 33.4 Å². The van der Waals surface area contributed by atoms with Gasteiger partial charge in [0.25, 0.3) is 0 Å². The Labute approximate surface area is 301 Å². The van der Waals surface area contributed by atoms with E-state index in [0.29, 0.717) is 36.9 Å². The molecule has 0 atom stereocenters. The number of phenolic OH excluding ortho intramolecular Hbond substituents is 3. The van der Waals surface area contributed by atoms with Gasteiger partial charge in [-0.2, -0.15) is 0 Å². The monoisotopic (exact) mass is 675 g/mol. The second-order valence-corrected chi connectivity index (χ2v) is 13.4. The molecule has 51 heavy (non-hydrogen) atoms. The zero-order valence-electron chi connectivity index (χ0n) is 28.9. The molecule has 258 valence electrons. The Balaban J connectivity index is 1.15. The summed E-state index contributed by atoms with van der Waals surface area (Å²) in [5, 5.41) is 34.3. The maximum atomic E-state index is 11.4.